The summed E-state index contributed by atoms with van der Waals surface area (Å²) in [5.74, 6) is 0.247. The minimum atomic E-state index is -0.147. The van der Waals surface area contributed by atoms with Crippen LogP contribution in [0.4, 0.5) is 0 Å². The number of rotatable bonds is 5. The van der Waals surface area contributed by atoms with Gasteiger partial charge in [-0.2, -0.15) is 0 Å². The van der Waals surface area contributed by atoms with Crippen molar-refractivity contribution in [2.45, 2.75) is 45.6 Å². The summed E-state index contributed by atoms with van der Waals surface area (Å²) in [7, 11) is 0. The maximum Gasteiger partial charge on any atom is 0.226 e. The lowest BCUT2D eigenvalue weighted by atomic mass is 9.74. The first-order chi connectivity index (χ1) is 9.18. The molecular weight excluding hydrogens is 256 g/mol. The highest BCUT2D eigenvalue weighted by atomic mass is 32.1. The predicted molar refractivity (Wildman–Crippen MR) is 80.3 cm³/mol. The second kappa shape index (κ2) is 6.53. The third kappa shape index (κ3) is 3.37. The Hall–Kier alpha value is -0.870. The van der Waals surface area contributed by atoms with Gasteiger partial charge in [-0.15, -0.1) is 11.3 Å². The van der Waals surface area contributed by atoms with E-state index in [4.69, 9.17) is 0 Å². The molecule has 1 saturated heterocycles. The Morgan fingerprint density at radius 1 is 1.53 bits per heavy atom. The van der Waals surface area contributed by atoms with Crippen molar-refractivity contribution in [1.82, 2.24) is 10.6 Å². The Morgan fingerprint density at radius 2 is 2.26 bits per heavy atom. The number of hydrogen-bond acceptors (Lipinski definition) is 3. The van der Waals surface area contributed by atoms with Crippen molar-refractivity contribution in [3.05, 3.63) is 22.4 Å². The van der Waals surface area contributed by atoms with Crippen LogP contribution in [0.25, 0.3) is 0 Å². The lowest BCUT2D eigenvalue weighted by Gasteiger charge is -2.37. The highest BCUT2D eigenvalue weighted by Gasteiger charge is 2.38. The van der Waals surface area contributed by atoms with E-state index >= 15 is 0 Å². The van der Waals surface area contributed by atoms with Crippen molar-refractivity contribution >= 4 is 17.2 Å². The van der Waals surface area contributed by atoms with Gasteiger partial charge in [-0.1, -0.05) is 19.4 Å². The molecule has 0 bridgehead atoms. The minimum Gasteiger partial charge on any atom is -0.348 e. The van der Waals surface area contributed by atoms with Crippen molar-refractivity contribution in [3.63, 3.8) is 0 Å². The quantitative estimate of drug-likeness (QED) is 0.870. The highest BCUT2D eigenvalue weighted by molar-refractivity contribution is 7.10. The van der Waals surface area contributed by atoms with E-state index < -0.39 is 0 Å². The fraction of sp³-hybridized carbons (Fsp3) is 0.667. The Morgan fingerprint density at radius 3 is 2.84 bits per heavy atom. The molecule has 0 spiro atoms. The average Bonchev–Trinajstić information content (AvgIpc) is 2.94. The third-order valence-corrected chi connectivity index (χ3v) is 5.14. The van der Waals surface area contributed by atoms with Crippen LogP contribution in [-0.2, 0) is 4.79 Å². The molecule has 0 aromatic carbocycles. The van der Waals surface area contributed by atoms with Gasteiger partial charge in [0.25, 0.3) is 0 Å². The first-order valence-corrected chi connectivity index (χ1v) is 8.11. The number of carbonyl (C=O) groups is 1. The Kier molecular flexibility index (Phi) is 4.99. The zero-order valence-corrected chi connectivity index (χ0v) is 12.7. The number of amides is 1. The van der Waals surface area contributed by atoms with E-state index in [9.17, 15) is 4.79 Å². The van der Waals surface area contributed by atoms with Gasteiger partial charge in [0.05, 0.1) is 11.5 Å². The number of carbonyl (C=O) groups excluding carboxylic acids is 1. The number of nitrogens with one attached hydrogen (secondary N) is 2. The summed E-state index contributed by atoms with van der Waals surface area (Å²) in [6.45, 7) is 6.16. The van der Waals surface area contributed by atoms with Crippen LogP contribution in [0.3, 0.4) is 0 Å². The Bertz CT molecular complexity index is 391. The zero-order valence-electron chi connectivity index (χ0n) is 11.9. The highest BCUT2D eigenvalue weighted by Crippen LogP contribution is 2.35. The van der Waals surface area contributed by atoms with Crippen molar-refractivity contribution in [3.8, 4) is 0 Å². The van der Waals surface area contributed by atoms with Crippen molar-refractivity contribution in [1.29, 1.82) is 0 Å². The maximum absolute atomic E-state index is 12.7. The van der Waals surface area contributed by atoms with Gasteiger partial charge < -0.3 is 10.6 Å². The van der Waals surface area contributed by atoms with Gasteiger partial charge in [0.15, 0.2) is 0 Å². The average molecular weight is 280 g/mol. The van der Waals surface area contributed by atoms with Crippen LogP contribution in [0.2, 0.25) is 0 Å². The van der Waals surface area contributed by atoms with Gasteiger partial charge in [0, 0.05) is 4.88 Å². The van der Waals surface area contributed by atoms with Gasteiger partial charge in [0.1, 0.15) is 0 Å². The topological polar surface area (TPSA) is 41.1 Å². The SMILES string of the molecule is CCCC1(C(=O)N[C@H](C)c2cccs2)CCNCC1. The molecule has 2 rings (SSSR count). The first kappa shape index (κ1) is 14.5. The summed E-state index contributed by atoms with van der Waals surface area (Å²) in [4.78, 5) is 13.9. The molecule has 1 amide bonds. The van der Waals surface area contributed by atoms with Crippen LogP contribution in [0, 0.1) is 5.41 Å². The van der Waals surface area contributed by atoms with Gasteiger partial charge in [-0.05, 0) is 50.7 Å². The van der Waals surface area contributed by atoms with Gasteiger partial charge in [-0.3, -0.25) is 4.79 Å². The molecule has 1 atom stereocenters. The van der Waals surface area contributed by atoms with Crippen molar-refractivity contribution in [2.24, 2.45) is 5.41 Å². The van der Waals surface area contributed by atoms with E-state index in [0.29, 0.717) is 0 Å². The predicted octanol–water partition coefficient (Wildman–Crippen LogP) is 3.10. The van der Waals surface area contributed by atoms with E-state index in [1.165, 1.54) is 4.88 Å². The molecule has 0 radical (unpaired) electrons. The smallest absolute Gasteiger partial charge is 0.226 e. The van der Waals surface area contributed by atoms with Crippen LogP contribution in [0.5, 0.6) is 0 Å². The van der Waals surface area contributed by atoms with Crippen molar-refractivity contribution in [2.75, 3.05) is 13.1 Å². The standard InChI is InChI=1S/C15H24N2OS/c1-3-6-15(7-9-16-10-8-15)14(18)17-12(2)13-5-4-11-19-13/h4-5,11-12,16H,3,6-10H2,1-2H3,(H,17,18)/t12-/m1/s1. The summed E-state index contributed by atoms with van der Waals surface area (Å²) < 4.78 is 0. The lowest BCUT2D eigenvalue weighted by Crippen LogP contribution is -2.48. The second-order valence-corrected chi connectivity index (χ2v) is 6.47. The third-order valence-electron chi connectivity index (χ3n) is 4.09. The van der Waals surface area contributed by atoms with Crippen LogP contribution in [0.15, 0.2) is 17.5 Å². The fourth-order valence-corrected chi connectivity index (χ4v) is 3.67. The zero-order chi connectivity index (χ0) is 13.7. The molecule has 1 aromatic heterocycles. The fourth-order valence-electron chi connectivity index (χ4n) is 2.93. The van der Waals surface area contributed by atoms with Crippen molar-refractivity contribution < 1.29 is 4.79 Å². The maximum atomic E-state index is 12.7. The minimum absolute atomic E-state index is 0.121. The molecule has 1 aliphatic heterocycles. The molecule has 19 heavy (non-hydrogen) atoms. The molecule has 1 fully saturated rings. The summed E-state index contributed by atoms with van der Waals surface area (Å²) in [5, 5.41) is 8.64. The molecule has 106 valence electrons. The summed E-state index contributed by atoms with van der Waals surface area (Å²) in [6, 6.07) is 4.25. The van der Waals surface area contributed by atoms with Gasteiger partial charge >= 0.3 is 0 Å². The second-order valence-electron chi connectivity index (χ2n) is 5.49. The van der Waals surface area contributed by atoms with E-state index in [2.05, 4.69) is 35.9 Å². The molecule has 0 saturated carbocycles. The number of hydrogen-bond donors (Lipinski definition) is 2. The summed E-state index contributed by atoms with van der Waals surface area (Å²) in [6.07, 6.45) is 3.99. The van der Waals surface area contributed by atoms with E-state index in [-0.39, 0.29) is 17.4 Å². The Labute approximate surface area is 119 Å². The normalized spacial score (nSPS) is 19.9. The Balaban J connectivity index is 2.03. The molecule has 2 N–H and O–H groups in total. The van der Waals surface area contributed by atoms with Crippen LogP contribution >= 0.6 is 11.3 Å². The largest absolute Gasteiger partial charge is 0.348 e. The molecule has 1 aliphatic rings. The molecule has 1 aromatic rings. The van der Waals surface area contributed by atoms with Crippen LogP contribution in [-0.4, -0.2) is 19.0 Å². The lowest BCUT2D eigenvalue weighted by molar-refractivity contribution is -0.133. The monoisotopic (exact) mass is 280 g/mol. The summed E-state index contributed by atoms with van der Waals surface area (Å²) >= 11 is 1.70. The van der Waals surface area contributed by atoms with E-state index in [0.717, 1.165) is 38.8 Å². The summed E-state index contributed by atoms with van der Waals surface area (Å²) in [5.41, 5.74) is -0.147. The van der Waals surface area contributed by atoms with E-state index in [1.807, 2.05) is 6.07 Å². The number of thiophene rings is 1. The number of piperidine rings is 1. The molecule has 4 heteroatoms. The molecule has 3 nitrogen and oxygen atoms in total. The van der Waals surface area contributed by atoms with Gasteiger partial charge in [0.2, 0.25) is 5.91 Å². The van der Waals surface area contributed by atoms with Crippen LogP contribution < -0.4 is 10.6 Å². The first-order valence-electron chi connectivity index (χ1n) is 7.23. The van der Waals surface area contributed by atoms with Crippen LogP contribution in [0.1, 0.15) is 50.4 Å². The molecule has 0 unspecified atom stereocenters. The van der Waals surface area contributed by atoms with Gasteiger partial charge in [-0.25, -0.2) is 0 Å². The molecule has 0 aliphatic carbocycles. The molecule has 2 heterocycles. The molecular formula is C15H24N2OS. The van der Waals surface area contributed by atoms with E-state index in [1.54, 1.807) is 11.3 Å².